The van der Waals surface area contributed by atoms with Gasteiger partial charge in [0.05, 0.1) is 0 Å². The molecule has 1 N–H and O–H groups in total. The van der Waals surface area contributed by atoms with E-state index in [1.807, 2.05) is 13.8 Å². The number of rotatable bonds is 4. The maximum Gasteiger partial charge on any atom is 0.410 e. The van der Waals surface area contributed by atoms with Gasteiger partial charge in [-0.15, -0.1) is 0 Å². The average molecular weight is 230 g/mol. The first-order valence-corrected chi connectivity index (χ1v) is 5.54. The minimum Gasteiger partial charge on any atom is -0.444 e. The van der Waals surface area contributed by atoms with Crippen LogP contribution < -0.4 is 5.32 Å². The molecule has 0 aromatic heterocycles. The normalized spacial score (nSPS) is 10.8. The number of nitrogens with zero attached hydrogens (tertiary/aromatic N) is 1. The summed E-state index contributed by atoms with van der Waals surface area (Å²) < 4.78 is 5.18. The van der Waals surface area contributed by atoms with Crippen molar-refractivity contribution in [2.75, 3.05) is 19.6 Å². The van der Waals surface area contributed by atoms with Crippen molar-refractivity contribution in [2.45, 2.75) is 40.2 Å². The van der Waals surface area contributed by atoms with Crippen LogP contribution in [0.5, 0.6) is 0 Å². The second-order valence-corrected chi connectivity index (χ2v) is 4.45. The van der Waals surface area contributed by atoms with E-state index in [4.69, 9.17) is 4.74 Å². The van der Waals surface area contributed by atoms with Crippen molar-refractivity contribution in [1.29, 1.82) is 0 Å². The standard InChI is InChI=1S/C11H22N2O3/c1-6-12-9(14)8-13(7-2)10(15)16-11(3,4)5/h6-8H2,1-5H3,(H,12,14). The minimum absolute atomic E-state index is 0.0409. The second kappa shape index (κ2) is 6.35. The number of ether oxygens (including phenoxy) is 1. The van der Waals surface area contributed by atoms with Crippen molar-refractivity contribution >= 4 is 12.0 Å². The van der Waals surface area contributed by atoms with Crippen LogP contribution in [-0.2, 0) is 9.53 Å². The van der Waals surface area contributed by atoms with Gasteiger partial charge in [-0.25, -0.2) is 4.79 Å². The lowest BCUT2D eigenvalue weighted by Crippen LogP contribution is -2.43. The summed E-state index contributed by atoms with van der Waals surface area (Å²) >= 11 is 0. The topological polar surface area (TPSA) is 58.6 Å². The fraction of sp³-hybridized carbons (Fsp3) is 0.818. The van der Waals surface area contributed by atoms with E-state index in [0.717, 1.165) is 0 Å². The molecule has 0 aliphatic rings. The Bertz CT molecular complexity index is 246. The highest BCUT2D eigenvalue weighted by Gasteiger charge is 2.22. The molecule has 0 spiro atoms. The van der Waals surface area contributed by atoms with Crippen molar-refractivity contribution < 1.29 is 14.3 Å². The summed E-state index contributed by atoms with van der Waals surface area (Å²) in [4.78, 5) is 24.3. The van der Waals surface area contributed by atoms with Crippen LogP contribution in [0.3, 0.4) is 0 Å². The van der Waals surface area contributed by atoms with E-state index >= 15 is 0 Å². The van der Waals surface area contributed by atoms with E-state index in [2.05, 4.69) is 5.32 Å². The molecule has 0 heterocycles. The Hall–Kier alpha value is -1.26. The summed E-state index contributed by atoms with van der Waals surface area (Å²) in [6.45, 7) is 10.1. The molecule has 16 heavy (non-hydrogen) atoms. The second-order valence-electron chi connectivity index (χ2n) is 4.45. The SMILES string of the molecule is CCNC(=O)CN(CC)C(=O)OC(C)(C)C. The van der Waals surface area contributed by atoms with E-state index in [0.29, 0.717) is 13.1 Å². The fourth-order valence-corrected chi connectivity index (χ4v) is 1.06. The Labute approximate surface area is 97.1 Å². The predicted molar refractivity (Wildman–Crippen MR) is 62.2 cm³/mol. The third kappa shape index (κ3) is 6.27. The first-order valence-electron chi connectivity index (χ1n) is 5.54. The smallest absolute Gasteiger partial charge is 0.410 e. The van der Waals surface area contributed by atoms with Gasteiger partial charge in [-0.05, 0) is 34.6 Å². The Balaban J connectivity index is 4.27. The molecule has 94 valence electrons. The summed E-state index contributed by atoms with van der Waals surface area (Å²) in [5.74, 6) is -0.171. The molecule has 0 aromatic rings. The number of likely N-dealkylation sites (N-methyl/N-ethyl adjacent to an activating group) is 2. The van der Waals surface area contributed by atoms with Crippen LogP contribution in [0.25, 0.3) is 0 Å². The number of hydrogen-bond donors (Lipinski definition) is 1. The number of amides is 2. The lowest BCUT2D eigenvalue weighted by molar-refractivity contribution is -0.122. The molecular weight excluding hydrogens is 208 g/mol. The summed E-state index contributed by atoms with van der Waals surface area (Å²) in [5.41, 5.74) is -0.536. The average Bonchev–Trinajstić information content (AvgIpc) is 2.11. The Morgan fingerprint density at radius 2 is 1.81 bits per heavy atom. The lowest BCUT2D eigenvalue weighted by Gasteiger charge is -2.26. The molecule has 0 saturated heterocycles. The van der Waals surface area contributed by atoms with Gasteiger partial charge in [0, 0.05) is 13.1 Å². The highest BCUT2D eigenvalue weighted by atomic mass is 16.6. The lowest BCUT2D eigenvalue weighted by atomic mass is 10.2. The van der Waals surface area contributed by atoms with Crippen LogP contribution in [0, 0.1) is 0 Å². The number of carbonyl (C=O) groups is 2. The zero-order valence-electron chi connectivity index (χ0n) is 10.8. The summed E-state index contributed by atoms with van der Waals surface area (Å²) in [7, 11) is 0. The van der Waals surface area contributed by atoms with Crippen LogP contribution in [0.4, 0.5) is 4.79 Å². The van der Waals surface area contributed by atoms with Crippen molar-refractivity contribution in [2.24, 2.45) is 0 Å². The molecule has 0 saturated carbocycles. The zero-order valence-corrected chi connectivity index (χ0v) is 10.8. The first kappa shape index (κ1) is 14.7. The van der Waals surface area contributed by atoms with Gasteiger partial charge in [0.1, 0.15) is 12.1 Å². The largest absolute Gasteiger partial charge is 0.444 e. The van der Waals surface area contributed by atoms with Crippen LogP contribution in [-0.4, -0.2) is 42.1 Å². The maximum absolute atomic E-state index is 11.7. The molecule has 5 heteroatoms. The molecule has 0 rings (SSSR count). The molecule has 0 aliphatic carbocycles. The van der Waals surface area contributed by atoms with E-state index in [-0.39, 0.29) is 12.5 Å². The van der Waals surface area contributed by atoms with Gasteiger partial charge in [-0.3, -0.25) is 9.69 Å². The van der Waals surface area contributed by atoms with Gasteiger partial charge in [-0.2, -0.15) is 0 Å². The van der Waals surface area contributed by atoms with Gasteiger partial charge < -0.3 is 10.1 Å². The molecule has 0 aliphatic heterocycles. The zero-order chi connectivity index (χ0) is 12.8. The molecule has 0 bridgehead atoms. The fourth-order valence-electron chi connectivity index (χ4n) is 1.06. The van der Waals surface area contributed by atoms with Crippen LogP contribution in [0.2, 0.25) is 0 Å². The summed E-state index contributed by atoms with van der Waals surface area (Å²) in [6.07, 6.45) is -0.457. The molecule has 0 fully saturated rings. The minimum atomic E-state index is -0.536. The molecule has 0 atom stereocenters. The van der Waals surface area contributed by atoms with Crippen molar-refractivity contribution in [1.82, 2.24) is 10.2 Å². The van der Waals surface area contributed by atoms with Crippen molar-refractivity contribution in [3.05, 3.63) is 0 Å². The Morgan fingerprint density at radius 3 is 2.19 bits per heavy atom. The van der Waals surface area contributed by atoms with Crippen molar-refractivity contribution in [3.63, 3.8) is 0 Å². The Kier molecular flexibility index (Phi) is 5.85. The van der Waals surface area contributed by atoms with E-state index in [9.17, 15) is 9.59 Å². The van der Waals surface area contributed by atoms with Gasteiger partial charge in [0.25, 0.3) is 0 Å². The van der Waals surface area contributed by atoms with Crippen LogP contribution in [0.1, 0.15) is 34.6 Å². The molecule has 0 aromatic carbocycles. The van der Waals surface area contributed by atoms with E-state index < -0.39 is 11.7 Å². The molecule has 0 radical (unpaired) electrons. The maximum atomic E-state index is 11.7. The predicted octanol–water partition coefficient (Wildman–Crippen LogP) is 1.38. The highest BCUT2D eigenvalue weighted by molar-refractivity contribution is 5.82. The monoisotopic (exact) mass is 230 g/mol. The van der Waals surface area contributed by atoms with Crippen LogP contribution in [0.15, 0.2) is 0 Å². The summed E-state index contributed by atoms with van der Waals surface area (Å²) in [6, 6.07) is 0. The van der Waals surface area contributed by atoms with E-state index in [1.165, 1.54) is 4.90 Å². The number of nitrogens with one attached hydrogen (secondary N) is 1. The molecular formula is C11H22N2O3. The molecule has 0 unspecified atom stereocenters. The number of carbonyl (C=O) groups excluding carboxylic acids is 2. The molecule has 2 amide bonds. The van der Waals surface area contributed by atoms with Crippen LogP contribution >= 0.6 is 0 Å². The van der Waals surface area contributed by atoms with Crippen molar-refractivity contribution in [3.8, 4) is 0 Å². The number of hydrogen-bond acceptors (Lipinski definition) is 3. The quantitative estimate of drug-likeness (QED) is 0.793. The van der Waals surface area contributed by atoms with Gasteiger partial charge in [-0.1, -0.05) is 0 Å². The van der Waals surface area contributed by atoms with E-state index in [1.54, 1.807) is 20.8 Å². The van der Waals surface area contributed by atoms with Gasteiger partial charge in [0.15, 0.2) is 0 Å². The highest BCUT2D eigenvalue weighted by Crippen LogP contribution is 2.09. The molecule has 5 nitrogen and oxygen atoms in total. The first-order chi connectivity index (χ1) is 7.30. The summed E-state index contributed by atoms with van der Waals surface area (Å²) in [5, 5.41) is 2.64. The third-order valence-corrected chi connectivity index (χ3v) is 1.74. The third-order valence-electron chi connectivity index (χ3n) is 1.74. The van der Waals surface area contributed by atoms with Gasteiger partial charge >= 0.3 is 6.09 Å². The Morgan fingerprint density at radius 1 is 1.25 bits per heavy atom. The van der Waals surface area contributed by atoms with Gasteiger partial charge in [0.2, 0.25) is 5.91 Å².